The third kappa shape index (κ3) is 7.35. The van der Waals surface area contributed by atoms with Gasteiger partial charge in [0, 0.05) is 18.5 Å². The van der Waals surface area contributed by atoms with Gasteiger partial charge in [-0.25, -0.2) is 13.1 Å². The molecule has 1 heterocycles. The third-order valence-corrected chi connectivity index (χ3v) is 5.20. The molecule has 6 nitrogen and oxygen atoms in total. The molecule has 0 bridgehead atoms. The van der Waals surface area contributed by atoms with Crippen LogP contribution in [0, 0.1) is 0 Å². The number of sulfonamides is 1. The van der Waals surface area contributed by atoms with E-state index in [1.165, 1.54) is 0 Å². The number of hydrogen-bond acceptors (Lipinski definition) is 6. The second kappa shape index (κ2) is 9.50. The van der Waals surface area contributed by atoms with Crippen LogP contribution in [0.25, 0.3) is 0 Å². The summed E-state index contributed by atoms with van der Waals surface area (Å²) in [6, 6.07) is 4.01. The van der Waals surface area contributed by atoms with Crippen LogP contribution in [0.4, 0.5) is 0 Å². The first-order valence-corrected chi connectivity index (χ1v) is 9.23. The van der Waals surface area contributed by atoms with E-state index < -0.39 is 10.0 Å². The van der Waals surface area contributed by atoms with Crippen LogP contribution in [0.15, 0.2) is 17.5 Å². The highest BCUT2D eigenvalue weighted by Gasteiger charge is 2.18. The van der Waals surface area contributed by atoms with Crippen LogP contribution < -0.4 is 4.72 Å². The van der Waals surface area contributed by atoms with Crippen molar-refractivity contribution in [3.63, 3.8) is 0 Å². The Morgan fingerprint density at radius 3 is 2.67 bits per heavy atom. The van der Waals surface area contributed by atoms with Gasteiger partial charge in [0.1, 0.15) is 0 Å². The smallest absolute Gasteiger partial charge is 0.213 e. The van der Waals surface area contributed by atoms with Crippen molar-refractivity contribution in [1.29, 1.82) is 0 Å². The second-order valence-corrected chi connectivity index (χ2v) is 7.67. The van der Waals surface area contributed by atoms with Crippen LogP contribution in [0.2, 0.25) is 0 Å². The van der Waals surface area contributed by atoms with E-state index in [1.807, 2.05) is 36.5 Å². The maximum atomic E-state index is 11.9. The fourth-order valence-electron chi connectivity index (χ4n) is 1.71. The molecule has 1 rings (SSSR count). The number of hydrogen-bond donors (Lipinski definition) is 1. The average molecular weight is 336 g/mol. The van der Waals surface area contributed by atoms with Gasteiger partial charge in [-0.2, -0.15) is 0 Å². The summed E-state index contributed by atoms with van der Waals surface area (Å²) in [4.78, 5) is 3.14. The molecule has 1 N–H and O–H groups in total. The normalized spacial score (nSPS) is 13.7. The maximum Gasteiger partial charge on any atom is 0.213 e. The quantitative estimate of drug-likeness (QED) is 0.609. The van der Waals surface area contributed by atoms with Crippen molar-refractivity contribution in [2.75, 3.05) is 53.3 Å². The largest absolute Gasteiger partial charge is 0.382 e. The van der Waals surface area contributed by atoms with Crippen molar-refractivity contribution in [1.82, 2.24) is 9.62 Å². The minimum atomic E-state index is -3.33. The summed E-state index contributed by atoms with van der Waals surface area (Å²) < 4.78 is 36.5. The SMILES string of the molecule is COCCOCCS(=O)(=O)NCC(c1cccs1)N(C)C. The first-order chi connectivity index (χ1) is 9.96. The molecule has 0 fully saturated rings. The number of methoxy groups -OCH3 is 1. The van der Waals surface area contributed by atoms with Gasteiger partial charge in [0.25, 0.3) is 0 Å². The standard InChI is InChI=1S/C13H24N2O4S2/c1-15(2)12(13-5-4-9-20-13)11-14-21(16,17)10-8-19-7-6-18-3/h4-5,9,12,14H,6-8,10-11H2,1-3H3. The molecule has 0 saturated heterocycles. The molecule has 1 aromatic heterocycles. The molecule has 0 aromatic carbocycles. The molecule has 1 atom stereocenters. The lowest BCUT2D eigenvalue weighted by molar-refractivity contribution is 0.0784. The van der Waals surface area contributed by atoms with E-state index in [0.29, 0.717) is 19.8 Å². The topological polar surface area (TPSA) is 67.9 Å². The molecular formula is C13H24N2O4S2. The summed E-state index contributed by atoms with van der Waals surface area (Å²) in [5.74, 6) is -0.0404. The molecule has 0 aliphatic carbocycles. The lowest BCUT2D eigenvalue weighted by Gasteiger charge is -2.23. The molecule has 0 saturated carbocycles. The van der Waals surface area contributed by atoms with Gasteiger partial charge in [-0.15, -0.1) is 11.3 Å². The Bertz CT molecular complexity index is 474. The van der Waals surface area contributed by atoms with Gasteiger partial charge >= 0.3 is 0 Å². The van der Waals surface area contributed by atoms with Crippen molar-refractivity contribution in [2.24, 2.45) is 0 Å². The fraction of sp³-hybridized carbons (Fsp3) is 0.692. The first kappa shape index (κ1) is 18.5. The Morgan fingerprint density at radius 1 is 1.33 bits per heavy atom. The summed E-state index contributed by atoms with van der Waals surface area (Å²) in [7, 11) is 2.12. The van der Waals surface area contributed by atoms with E-state index in [0.717, 1.165) is 4.88 Å². The summed E-state index contributed by atoms with van der Waals surface area (Å²) in [5.41, 5.74) is 0. The number of thiophene rings is 1. The average Bonchev–Trinajstić information content (AvgIpc) is 2.92. The van der Waals surface area contributed by atoms with Crippen molar-refractivity contribution in [2.45, 2.75) is 6.04 Å². The lowest BCUT2D eigenvalue weighted by Crippen LogP contribution is -2.36. The van der Waals surface area contributed by atoms with Crippen molar-refractivity contribution < 1.29 is 17.9 Å². The zero-order chi connectivity index (χ0) is 15.7. The third-order valence-electron chi connectivity index (χ3n) is 2.92. The van der Waals surface area contributed by atoms with Gasteiger partial charge in [0.2, 0.25) is 10.0 Å². The molecule has 0 radical (unpaired) electrons. The van der Waals surface area contributed by atoms with Crippen LogP contribution in [-0.4, -0.2) is 66.6 Å². The number of ether oxygens (including phenoxy) is 2. The van der Waals surface area contributed by atoms with Gasteiger partial charge in [-0.05, 0) is 25.5 Å². The fourth-order valence-corrected chi connectivity index (χ4v) is 3.53. The van der Waals surface area contributed by atoms with Gasteiger partial charge in [-0.3, -0.25) is 0 Å². The van der Waals surface area contributed by atoms with Crippen LogP contribution >= 0.6 is 11.3 Å². The Hall–Kier alpha value is -0.510. The molecule has 0 aliphatic rings. The molecule has 0 amide bonds. The van der Waals surface area contributed by atoms with E-state index in [9.17, 15) is 8.42 Å². The van der Waals surface area contributed by atoms with Crippen molar-refractivity contribution in [3.8, 4) is 0 Å². The lowest BCUT2D eigenvalue weighted by atomic mass is 10.2. The molecule has 1 aromatic rings. The van der Waals surface area contributed by atoms with E-state index >= 15 is 0 Å². The van der Waals surface area contributed by atoms with Crippen LogP contribution in [0.3, 0.4) is 0 Å². The van der Waals surface area contributed by atoms with E-state index in [2.05, 4.69) is 4.72 Å². The minimum Gasteiger partial charge on any atom is -0.382 e. The predicted octanol–water partition coefficient (Wildman–Crippen LogP) is 0.933. The van der Waals surface area contributed by atoms with Crippen molar-refractivity contribution in [3.05, 3.63) is 22.4 Å². The van der Waals surface area contributed by atoms with Gasteiger partial charge in [0.05, 0.1) is 31.6 Å². The molecule has 21 heavy (non-hydrogen) atoms. The Labute approximate surface area is 131 Å². The Morgan fingerprint density at radius 2 is 2.10 bits per heavy atom. The van der Waals surface area contributed by atoms with Crippen LogP contribution in [0.1, 0.15) is 10.9 Å². The molecule has 0 aliphatic heterocycles. The highest BCUT2D eigenvalue weighted by atomic mass is 32.2. The van der Waals surface area contributed by atoms with Gasteiger partial charge in [0.15, 0.2) is 0 Å². The minimum absolute atomic E-state index is 0.0363. The van der Waals surface area contributed by atoms with E-state index in [1.54, 1.807) is 18.4 Å². The Balaban J connectivity index is 2.40. The molecule has 1 unspecified atom stereocenters. The number of nitrogens with one attached hydrogen (secondary N) is 1. The van der Waals surface area contributed by atoms with Gasteiger partial charge < -0.3 is 14.4 Å². The second-order valence-electron chi connectivity index (χ2n) is 4.77. The Kier molecular flexibility index (Phi) is 8.38. The van der Waals surface area contributed by atoms with Gasteiger partial charge in [-0.1, -0.05) is 6.07 Å². The van der Waals surface area contributed by atoms with Crippen LogP contribution in [-0.2, 0) is 19.5 Å². The highest BCUT2D eigenvalue weighted by Crippen LogP contribution is 2.22. The maximum absolute atomic E-state index is 11.9. The molecule has 0 spiro atoms. The summed E-state index contributed by atoms with van der Waals surface area (Å²) in [5, 5.41) is 1.99. The van der Waals surface area contributed by atoms with E-state index in [4.69, 9.17) is 9.47 Å². The summed E-state index contributed by atoms with van der Waals surface area (Å²) in [6.45, 7) is 1.40. The van der Waals surface area contributed by atoms with E-state index in [-0.39, 0.29) is 18.4 Å². The monoisotopic (exact) mass is 336 g/mol. The van der Waals surface area contributed by atoms with Crippen molar-refractivity contribution >= 4 is 21.4 Å². The molecule has 8 heteroatoms. The summed E-state index contributed by atoms with van der Waals surface area (Å²) >= 11 is 1.62. The molecule has 122 valence electrons. The highest BCUT2D eigenvalue weighted by molar-refractivity contribution is 7.89. The number of rotatable bonds is 11. The van der Waals surface area contributed by atoms with Crippen LogP contribution in [0.5, 0.6) is 0 Å². The number of nitrogens with zero attached hydrogens (tertiary/aromatic N) is 1. The molecular weight excluding hydrogens is 312 g/mol. The first-order valence-electron chi connectivity index (χ1n) is 6.70. The number of likely N-dealkylation sites (N-methyl/N-ethyl adjacent to an activating group) is 1. The predicted molar refractivity (Wildman–Crippen MR) is 85.2 cm³/mol. The zero-order valence-electron chi connectivity index (χ0n) is 12.7. The zero-order valence-corrected chi connectivity index (χ0v) is 14.4. The summed E-state index contributed by atoms with van der Waals surface area (Å²) in [6.07, 6.45) is 0.